The number of benzene rings is 3. The fourth-order valence-electron chi connectivity index (χ4n) is 4.15. The average Bonchev–Trinajstić information content (AvgIpc) is 3.16. The number of fused-ring (bicyclic) bond motifs is 1. The molecule has 5 aromatic rings. The molecule has 5 rings (SSSR count). The van der Waals surface area contributed by atoms with Gasteiger partial charge in [0.05, 0.1) is 23.1 Å². The van der Waals surface area contributed by atoms with Gasteiger partial charge in [-0.05, 0) is 36.6 Å². The number of amides is 1. The molecule has 0 aliphatic rings. The Bertz CT molecular complexity index is 1480. The Morgan fingerprint density at radius 1 is 0.941 bits per heavy atom. The number of carbonyl (C=O) groups excluding carboxylic acids is 1. The maximum atomic E-state index is 13.2. The average molecular weight is 467 g/mol. The molecule has 6 heteroatoms. The van der Waals surface area contributed by atoms with E-state index in [2.05, 4.69) is 15.4 Å². The summed E-state index contributed by atoms with van der Waals surface area (Å²) in [5, 5.41) is 9.22. The summed E-state index contributed by atoms with van der Waals surface area (Å²) >= 11 is 6.60. The summed E-state index contributed by atoms with van der Waals surface area (Å²) in [6.45, 7) is 0. The zero-order valence-electron chi connectivity index (χ0n) is 18.7. The van der Waals surface area contributed by atoms with Crippen LogP contribution in [0.2, 0.25) is 5.15 Å². The Kier molecular flexibility index (Phi) is 6.11. The zero-order chi connectivity index (χ0) is 23.5. The SMILES string of the molecule is Cn1nc(-c2ccccc2)c(CCc2ccccc2C(=O)Nc2cnc3ccccc3c2)c1Cl. The van der Waals surface area contributed by atoms with Crippen molar-refractivity contribution in [2.45, 2.75) is 12.8 Å². The molecule has 0 atom stereocenters. The largest absolute Gasteiger partial charge is 0.321 e. The first-order valence-corrected chi connectivity index (χ1v) is 11.5. The second-order valence-electron chi connectivity index (χ2n) is 8.14. The fourth-order valence-corrected chi connectivity index (χ4v) is 4.38. The highest BCUT2D eigenvalue weighted by atomic mass is 35.5. The number of aryl methyl sites for hydroxylation is 2. The van der Waals surface area contributed by atoms with Crippen LogP contribution in [-0.2, 0) is 19.9 Å². The highest BCUT2D eigenvalue weighted by molar-refractivity contribution is 6.30. The number of anilines is 1. The fraction of sp³-hybridized carbons (Fsp3) is 0.107. The lowest BCUT2D eigenvalue weighted by atomic mass is 9.98. The van der Waals surface area contributed by atoms with Gasteiger partial charge in [-0.15, -0.1) is 0 Å². The molecule has 34 heavy (non-hydrogen) atoms. The summed E-state index contributed by atoms with van der Waals surface area (Å²) in [6.07, 6.45) is 3.01. The molecule has 0 spiro atoms. The number of carbonyl (C=O) groups is 1. The van der Waals surface area contributed by atoms with E-state index in [4.69, 9.17) is 11.6 Å². The van der Waals surface area contributed by atoms with Gasteiger partial charge in [-0.3, -0.25) is 14.5 Å². The molecule has 2 aromatic heterocycles. The summed E-state index contributed by atoms with van der Waals surface area (Å²) in [5.74, 6) is -0.159. The Hall–Kier alpha value is -3.96. The highest BCUT2D eigenvalue weighted by Crippen LogP contribution is 2.30. The summed E-state index contributed by atoms with van der Waals surface area (Å²) in [6, 6.07) is 27.4. The molecule has 0 radical (unpaired) electrons. The van der Waals surface area contributed by atoms with Gasteiger partial charge in [0.1, 0.15) is 5.15 Å². The Morgan fingerprint density at radius 2 is 1.68 bits per heavy atom. The molecule has 0 saturated carbocycles. The van der Waals surface area contributed by atoms with E-state index >= 15 is 0 Å². The normalized spacial score (nSPS) is 11.0. The number of hydrogen-bond acceptors (Lipinski definition) is 3. The molecule has 168 valence electrons. The van der Waals surface area contributed by atoms with Crippen LogP contribution in [-0.4, -0.2) is 20.7 Å². The minimum atomic E-state index is -0.159. The molecule has 0 saturated heterocycles. The van der Waals surface area contributed by atoms with Gasteiger partial charge in [-0.25, -0.2) is 0 Å². The van der Waals surface area contributed by atoms with Crippen LogP contribution in [0.3, 0.4) is 0 Å². The first-order valence-electron chi connectivity index (χ1n) is 11.1. The second-order valence-corrected chi connectivity index (χ2v) is 8.49. The summed E-state index contributed by atoms with van der Waals surface area (Å²) in [4.78, 5) is 17.6. The Morgan fingerprint density at radius 3 is 2.53 bits per heavy atom. The number of pyridine rings is 1. The monoisotopic (exact) mass is 466 g/mol. The zero-order valence-corrected chi connectivity index (χ0v) is 19.5. The minimum absolute atomic E-state index is 0.159. The molecular weight excluding hydrogens is 444 g/mol. The molecule has 3 aromatic carbocycles. The minimum Gasteiger partial charge on any atom is -0.321 e. The van der Waals surface area contributed by atoms with E-state index in [0.29, 0.717) is 29.2 Å². The maximum absolute atomic E-state index is 13.2. The van der Waals surface area contributed by atoms with Gasteiger partial charge in [-0.1, -0.05) is 78.3 Å². The third-order valence-electron chi connectivity index (χ3n) is 5.87. The predicted molar refractivity (Wildman–Crippen MR) is 137 cm³/mol. The number of halogens is 1. The molecule has 2 heterocycles. The van der Waals surface area contributed by atoms with E-state index in [1.807, 2.05) is 92.0 Å². The maximum Gasteiger partial charge on any atom is 0.255 e. The van der Waals surface area contributed by atoms with Crippen LogP contribution < -0.4 is 5.32 Å². The molecule has 0 aliphatic heterocycles. The van der Waals surface area contributed by atoms with Crippen molar-refractivity contribution in [1.29, 1.82) is 0 Å². The molecule has 1 N–H and O–H groups in total. The van der Waals surface area contributed by atoms with Crippen molar-refractivity contribution in [3.63, 3.8) is 0 Å². The van der Waals surface area contributed by atoms with Crippen LogP contribution in [0.15, 0.2) is 91.1 Å². The van der Waals surface area contributed by atoms with Crippen LogP contribution >= 0.6 is 11.6 Å². The standard InChI is InChI=1S/C28H23ClN4O/c1-33-27(29)24(26(32-33)20-10-3-2-4-11-20)16-15-19-9-5-7-13-23(19)28(34)31-22-17-21-12-6-8-14-25(21)30-18-22/h2-14,17-18H,15-16H2,1H3,(H,31,34). The van der Waals surface area contributed by atoms with Crippen LogP contribution in [0.25, 0.3) is 22.2 Å². The first-order chi connectivity index (χ1) is 16.6. The Labute approximate surface area is 203 Å². The number of para-hydroxylation sites is 1. The smallest absolute Gasteiger partial charge is 0.255 e. The topological polar surface area (TPSA) is 59.8 Å². The van der Waals surface area contributed by atoms with Gasteiger partial charge in [0.15, 0.2) is 0 Å². The molecule has 0 unspecified atom stereocenters. The van der Waals surface area contributed by atoms with Gasteiger partial charge >= 0.3 is 0 Å². The van der Waals surface area contributed by atoms with Crippen molar-refractivity contribution in [1.82, 2.24) is 14.8 Å². The van der Waals surface area contributed by atoms with Crippen molar-refractivity contribution in [2.75, 3.05) is 5.32 Å². The van der Waals surface area contributed by atoms with Crippen molar-refractivity contribution < 1.29 is 4.79 Å². The third kappa shape index (κ3) is 4.43. The molecule has 0 bridgehead atoms. The van der Waals surface area contributed by atoms with Crippen LogP contribution in [0.4, 0.5) is 5.69 Å². The molecule has 1 amide bonds. The molecule has 5 nitrogen and oxygen atoms in total. The predicted octanol–water partition coefficient (Wildman–Crippen LogP) is 6.33. The van der Waals surface area contributed by atoms with Crippen molar-refractivity contribution in [3.8, 4) is 11.3 Å². The lowest BCUT2D eigenvalue weighted by molar-refractivity contribution is 0.102. The summed E-state index contributed by atoms with van der Waals surface area (Å²) < 4.78 is 1.70. The lowest BCUT2D eigenvalue weighted by Crippen LogP contribution is -2.14. The number of nitrogens with zero attached hydrogens (tertiary/aromatic N) is 3. The first kappa shape index (κ1) is 21.9. The molecule has 0 aliphatic carbocycles. The van der Waals surface area contributed by atoms with E-state index in [-0.39, 0.29) is 5.91 Å². The van der Waals surface area contributed by atoms with E-state index in [0.717, 1.165) is 33.3 Å². The number of aromatic nitrogens is 3. The Balaban J connectivity index is 1.38. The molecular formula is C28H23ClN4O. The number of nitrogens with one attached hydrogen (secondary N) is 1. The van der Waals surface area contributed by atoms with Gasteiger partial charge in [0.2, 0.25) is 0 Å². The second kappa shape index (κ2) is 9.49. The quantitative estimate of drug-likeness (QED) is 0.318. The van der Waals surface area contributed by atoms with E-state index in [1.54, 1.807) is 10.9 Å². The van der Waals surface area contributed by atoms with E-state index in [9.17, 15) is 4.79 Å². The molecule has 0 fully saturated rings. The van der Waals surface area contributed by atoms with Gasteiger partial charge in [0, 0.05) is 29.1 Å². The van der Waals surface area contributed by atoms with E-state index in [1.165, 1.54) is 0 Å². The van der Waals surface area contributed by atoms with Crippen LogP contribution in [0.1, 0.15) is 21.5 Å². The number of rotatable bonds is 6. The summed E-state index contributed by atoms with van der Waals surface area (Å²) in [7, 11) is 1.84. The lowest BCUT2D eigenvalue weighted by Gasteiger charge is -2.11. The van der Waals surface area contributed by atoms with Crippen molar-refractivity contribution in [3.05, 3.63) is 113 Å². The highest BCUT2D eigenvalue weighted by Gasteiger charge is 2.18. The van der Waals surface area contributed by atoms with Crippen LogP contribution in [0.5, 0.6) is 0 Å². The van der Waals surface area contributed by atoms with Gasteiger partial charge in [-0.2, -0.15) is 5.10 Å². The third-order valence-corrected chi connectivity index (χ3v) is 6.34. The van der Waals surface area contributed by atoms with Crippen molar-refractivity contribution in [2.24, 2.45) is 7.05 Å². The summed E-state index contributed by atoms with van der Waals surface area (Å²) in [5.41, 5.74) is 6.02. The van der Waals surface area contributed by atoms with Gasteiger partial charge in [0.25, 0.3) is 5.91 Å². The van der Waals surface area contributed by atoms with Crippen LogP contribution in [0, 0.1) is 0 Å². The number of hydrogen-bond donors (Lipinski definition) is 1. The van der Waals surface area contributed by atoms with Crippen molar-refractivity contribution >= 4 is 34.1 Å². The van der Waals surface area contributed by atoms with E-state index < -0.39 is 0 Å². The van der Waals surface area contributed by atoms with Gasteiger partial charge < -0.3 is 5.32 Å².